The molecule has 0 saturated heterocycles. The highest BCUT2D eigenvalue weighted by Gasteiger charge is 2.08. The fourth-order valence-corrected chi connectivity index (χ4v) is 1.89. The zero-order chi connectivity index (χ0) is 9.68. The van der Waals surface area contributed by atoms with Crippen molar-refractivity contribution in [3.8, 4) is 0 Å². The lowest BCUT2D eigenvalue weighted by atomic mass is 10.0. The molecule has 0 spiro atoms. The van der Waals surface area contributed by atoms with Gasteiger partial charge in [0.15, 0.2) is 0 Å². The van der Waals surface area contributed by atoms with Crippen molar-refractivity contribution in [2.24, 2.45) is 5.92 Å². The molecule has 2 heteroatoms. The smallest absolute Gasteiger partial charge is 0.0302 e. The molecule has 0 aromatic carbocycles. The topological polar surface area (TPSA) is 12.0 Å². The first-order chi connectivity index (χ1) is 6.24. The minimum atomic E-state index is 0.618. The van der Waals surface area contributed by atoms with E-state index in [1.807, 2.05) is 11.3 Å². The number of rotatable bonds is 5. The summed E-state index contributed by atoms with van der Waals surface area (Å²) in [5, 5.41) is 5.68. The Labute approximate surface area is 85.2 Å². The summed E-state index contributed by atoms with van der Waals surface area (Å²) in [5.74, 6) is 0.764. The third-order valence-corrected chi connectivity index (χ3v) is 3.55. The van der Waals surface area contributed by atoms with E-state index in [9.17, 15) is 0 Å². The number of hydrogen-bond acceptors (Lipinski definition) is 2. The molecular weight excluding hydrogens is 178 g/mol. The molecule has 1 aromatic heterocycles. The molecule has 13 heavy (non-hydrogen) atoms. The van der Waals surface area contributed by atoms with Gasteiger partial charge in [-0.1, -0.05) is 26.3 Å². The van der Waals surface area contributed by atoms with Gasteiger partial charge < -0.3 is 5.32 Å². The first-order valence-electron chi connectivity index (χ1n) is 4.99. The molecule has 0 bridgehead atoms. The lowest BCUT2D eigenvalue weighted by Gasteiger charge is -2.19. The van der Waals surface area contributed by atoms with Crippen LogP contribution in [0.2, 0.25) is 0 Å². The average Bonchev–Trinajstić information content (AvgIpc) is 2.65. The summed E-state index contributed by atoms with van der Waals surface area (Å²) >= 11 is 1.82. The highest BCUT2D eigenvalue weighted by atomic mass is 32.1. The average molecular weight is 197 g/mol. The third-order valence-electron chi connectivity index (χ3n) is 2.68. The van der Waals surface area contributed by atoms with Crippen LogP contribution in [0, 0.1) is 5.92 Å². The minimum absolute atomic E-state index is 0.618. The Morgan fingerprint density at radius 2 is 2.23 bits per heavy atom. The van der Waals surface area contributed by atoms with Gasteiger partial charge in [0.25, 0.3) is 0 Å². The van der Waals surface area contributed by atoms with Crippen molar-refractivity contribution in [1.82, 2.24) is 5.32 Å². The molecule has 1 N–H and O–H groups in total. The molecule has 0 fully saturated rings. The minimum Gasteiger partial charge on any atom is -0.309 e. The van der Waals surface area contributed by atoms with Crippen molar-refractivity contribution in [3.63, 3.8) is 0 Å². The van der Waals surface area contributed by atoms with Crippen LogP contribution in [0.5, 0.6) is 0 Å². The van der Waals surface area contributed by atoms with Crippen LogP contribution in [0.3, 0.4) is 0 Å². The lowest BCUT2D eigenvalue weighted by Crippen LogP contribution is -2.30. The zero-order valence-corrected chi connectivity index (χ0v) is 9.53. The Bertz CT molecular complexity index is 218. The van der Waals surface area contributed by atoms with Crippen molar-refractivity contribution in [2.45, 2.75) is 39.8 Å². The molecule has 2 atom stereocenters. The molecule has 0 amide bonds. The summed E-state index contributed by atoms with van der Waals surface area (Å²) in [6.45, 7) is 7.82. The van der Waals surface area contributed by atoms with Crippen molar-refractivity contribution < 1.29 is 0 Å². The van der Waals surface area contributed by atoms with Crippen LogP contribution in [0.4, 0.5) is 0 Å². The highest BCUT2D eigenvalue weighted by molar-refractivity contribution is 7.09. The fourth-order valence-electron chi connectivity index (χ4n) is 1.23. The monoisotopic (exact) mass is 197 g/mol. The quantitative estimate of drug-likeness (QED) is 0.764. The summed E-state index contributed by atoms with van der Waals surface area (Å²) in [6, 6.07) is 4.91. The van der Waals surface area contributed by atoms with Crippen LogP contribution < -0.4 is 5.32 Å². The van der Waals surface area contributed by atoms with E-state index in [-0.39, 0.29) is 0 Å². The van der Waals surface area contributed by atoms with Crippen molar-refractivity contribution in [2.75, 3.05) is 0 Å². The zero-order valence-electron chi connectivity index (χ0n) is 8.71. The van der Waals surface area contributed by atoms with Crippen molar-refractivity contribution in [1.29, 1.82) is 0 Å². The van der Waals surface area contributed by atoms with E-state index >= 15 is 0 Å². The summed E-state index contributed by atoms with van der Waals surface area (Å²) in [6.07, 6.45) is 1.25. The van der Waals surface area contributed by atoms with Crippen LogP contribution in [-0.4, -0.2) is 6.04 Å². The van der Waals surface area contributed by atoms with Gasteiger partial charge in [-0.05, 0) is 24.3 Å². The summed E-state index contributed by atoms with van der Waals surface area (Å²) in [4.78, 5) is 1.43. The van der Waals surface area contributed by atoms with Gasteiger partial charge in [-0.15, -0.1) is 11.3 Å². The number of nitrogens with one attached hydrogen (secondary N) is 1. The van der Waals surface area contributed by atoms with Gasteiger partial charge in [-0.2, -0.15) is 0 Å². The molecule has 0 aliphatic carbocycles. The standard InChI is InChI=1S/C11H19NS/c1-4-9(2)10(3)12-8-11-6-5-7-13-11/h5-7,9-10,12H,4,8H2,1-3H3/t9-,10-/m0/s1. The van der Waals surface area contributed by atoms with Gasteiger partial charge in [0.05, 0.1) is 0 Å². The Kier molecular flexibility index (Phi) is 4.46. The van der Waals surface area contributed by atoms with Crippen LogP contribution in [-0.2, 0) is 6.54 Å². The number of hydrogen-bond donors (Lipinski definition) is 1. The molecule has 1 nitrogen and oxygen atoms in total. The first-order valence-corrected chi connectivity index (χ1v) is 5.87. The molecule has 1 rings (SSSR count). The van der Waals surface area contributed by atoms with E-state index in [0.717, 1.165) is 12.5 Å². The Morgan fingerprint density at radius 1 is 1.46 bits per heavy atom. The van der Waals surface area contributed by atoms with E-state index in [0.29, 0.717) is 6.04 Å². The van der Waals surface area contributed by atoms with E-state index in [1.54, 1.807) is 0 Å². The molecule has 74 valence electrons. The summed E-state index contributed by atoms with van der Waals surface area (Å²) < 4.78 is 0. The van der Waals surface area contributed by atoms with E-state index in [1.165, 1.54) is 11.3 Å². The highest BCUT2D eigenvalue weighted by Crippen LogP contribution is 2.11. The Morgan fingerprint density at radius 3 is 2.77 bits per heavy atom. The van der Waals surface area contributed by atoms with Gasteiger partial charge in [-0.3, -0.25) is 0 Å². The predicted molar refractivity (Wildman–Crippen MR) is 60.1 cm³/mol. The van der Waals surface area contributed by atoms with E-state index in [2.05, 4.69) is 43.6 Å². The SMILES string of the molecule is CC[C@H](C)[C@H](C)NCc1cccs1. The normalized spacial score (nSPS) is 15.6. The van der Waals surface area contributed by atoms with Crippen LogP contribution in [0.25, 0.3) is 0 Å². The first kappa shape index (κ1) is 10.7. The van der Waals surface area contributed by atoms with Crippen LogP contribution >= 0.6 is 11.3 Å². The third kappa shape index (κ3) is 3.49. The molecule has 0 saturated carbocycles. The second-order valence-corrected chi connectivity index (χ2v) is 4.67. The van der Waals surface area contributed by atoms with Gasteiger partial charge in [0, 0.05) is 17.5 Å². The van der Waals surface area contributed by atoms with E-state index in [4.69, 9.17) is 0 Å². The van der Waals surface area contributed by atoms with Crippen molar-refractivity contribution >= 4 is 11.3 Å². The molecule has 0 aliphatic heterocycles. The summed E-state index contributed by atoms with van der Waals surface area (Å²) in [7, 11) is 0. The second-order valence-electron chi connectivity index (χ2n) is 3.63. The van der Waals surface area contributed by atoms with Gasteiger partial charge >= 0.3 is 0 Å². The largest absolute Gasteiger partial charge is 0.309 e. The number of thiophene rings is 1. The maximum absolute atomic E-state index is 3.55. The second kappa shape index (κ2) is 5.40. The van der Waals surface area contributed by atoms with Gasteiger partial charge in [-0.25, -0.2) is 0 Å². The van der Waals surface area contributed by atoms with E-state index < -0.39 is 0 Å². The molecule has 0 aliphatic rings. The Balaban J connectivity index is 2.26. The maximum Gasteiger partial charge on any atom is 0.0302 e. The molecule has 1 aromatic rings. The van der Waals surface area contributed by atoms with Crippen LogP contribution in [0.1, 0.15) is 32.1 Å². The van der Waals surface area contributed by atoms with Crippen LogP contribution in [0.15, 0.2) is 17.5 Å². The molecule has 1 heterocycles. The van der Waals surface area contributed by atoms with Crippen molar-refractivity contribution in [3.05, 3.63) is 22.4 Å². The fraction of sp³-hybridized carbons (Fsp3) is 0.636. The summed E-state index contributed by atoms with van der Waals surface area (Å²) in [5.41, 5.74) is 0. The Hall–Kier alpha value is -0.340. The molecular formula is C11H19NS. The molecule has 0 radical (unpaired) electrons. The molecule has 0 unspecified atom stereocenters. The predicted octanol–water partition coefficient (Wildman–Crippen LogP) is 3.27. The lowest BCUT2D eigenvalue weighted by molar-refractivity contribution is 0.391. The van der Waals surface area contributed by atoms with Gasteiger partial charge in [0.1, 0.15) is 0 Å². The van der Waals surface area contributed by atoms with Gasteiger partial charge in [0.2, 0.25) is 0 Å². The maximum atomic E-state index is 3.55.